The third-order valence-electron chi connectivity index (χ3n) is 7.85. The highest BCUT2D eigenvalue weighted by Gasteiger charge is 2.20. The zero-order valence-electron chi connectivity index (χ0n) is 21.3. The maximum absolute atomic E-state index is 11.6. The molecule has 0 amide bonds. The van der Waals surface area contributed by atoms with Gasteiger partial charge in [0.15, 0.2) is 0 Å². The molecular weight excluding hydrogens is 468 g/mol. The number of aryl methyl sites for hydroxylation is 2. The van der Waals surface area contributed by atoms with Gasteiger partial charge in [0.05, 0.1) is 5.52 Å². The van der Waals surface area contributed by atoms with Crippen LogP contribution in [0.2, 0.25) is 5.02 Å². The molecule has 0 spiro atoms. The Morgan fingerprint density at radius 2 is 1.72 bits per heavy atom. The lowest BCUT2D eigenvalue weighted by Crippen LogP contribution is -2.28. The Bertz CT molecular complexity index is 1240. The van der Waals surface area contributed by atoms with Crippen LogP contribution in [0, 0.1) is 0 Å². The number of aromatic amines is 1. The molecule has 1 atom stereocenters. The largest absolute Gasteiger partial charge is 0.384 e. The Labute approximate surface area is 219 Å². The molecule has 36 heavy (non-hydrogen) atoms. The van der Waals surface area contributed by atoms with Gasteiger partial charge in [-0.1, -0.05) is 43.4 Å². The van der Waals surface area contributed by atoms with Crippen LogP contribution in [0.15, 0.2) is 35.1 Å². The highest BCUT2D eigenvalue weighted by atomic mass is 35.5. The molecule has 0 radical (unpaired) electrons. The van der Waals surface area contributed by atoms with E-state index in [0.29, 0.717) is 6.04 Å². The second-order valence-electron chi connectivity index (χ2n) is 10.5. The zero-order chi connectivity index (χ0) is 24.7. The standard InChI is InChI=1S/C30H39ClN4O/c31-21-14-15-24-28(20-21)34-27-11-6-5-10-23(27)30(24)33-19-8-4-2-1-3-7-18-32-25-12-9-13-26-22(25)16-17-29(36)35-26/h14-17,20,25,32H,1-13,18-19H2,(H,33,34)(H,35,36). The van der Waals surface area contributed by atoms with Crippen molar-refractivity contribution in [3.63, 3.8) is 0 Å². The summed E-state index contributed by atoms with van der Waals surface area (Å²) in [6.45, 7) is 2.06. The van der Waals surface area contributed by atoms with Crippen LogP contribution in [0.4, 0.5) is 5.69 Å². The molecule has 5 rings (SSSR count). The number of benzene rings is 1. The highest BCUT2D eigenvalue weighted by molar-refractivity contribution is 6.31. The van der Waals surface area contributed by atoms with Gasteiger partial charge in [-0.15, -0.1) is 0 Å². The summed E-state index contributed by atoms with van der Waals surface area (Å²) < 4.78 is 0. The summed E-state index contributed by atoms with van der Waals surface area (Å²) in [6.07, 6.45) is 15.5. The lowest BCUT2D eigenvalue weighted by Gasteiger charge is -2.26. The van der Waals surface area contributed by atoms with E-state index in [4.69, 9.17) is 16.6 Å². The van der Waals surface area contributed by atoms with Crippen molar-refractivity contribution >= 4 is 28.2 Å². The molecule has 1 aromatic carbocycles. The number of anilines is 1. The third-order valence-corrected chi connectivity index (χ3v) is 8.09. The van der Waals surface area contributed by atoms with E-state index in [1.165, 1.54) is 79.3 Å². The van der Waals surface area contributed by atoms with Crippen LogP contribution >= 0.6 is 11.6 Å². The van der Waals surface area contributed by atoms with Crippen LogP contribution in [0.3, 0.4) is 0 Å². The molecule has 0 fully saturated rings. The fourth-order valence-electron chi connectivity index (χ4n) is 5.96. The minimum absolute atomic E-state index is 0.0167. The van der Waals surface area contributed by atoms with E-state index in [0.717, 1.165) is 61.4 Å². The van der Waals surface area contributed by atoms with E-state index in [-0.39, 0.29) is 5.56 Å². The van der Waals surface area contributed by atoms with E-state index in [2.05, 4.69) is 21.7 Å². The lowest BCUT2D eigenvalue weighted by atomic mass is 9.91. The van der Waals surface area contributed by atoms with Crippen molar-refractivity contribution in [1.82, 2.24) is 15.3 Å². The summed E-state index contributed by atoms with van der Waals surface area (Å²) in [6, 6.07) is 10.2. The van der Waals surface area contributed by atoms with Crippen molar-refractivity contribution in [2.75, 3.05) is 18.4 Å². The van der Waals surface area contributed by atoms with Crippen molar-refractivity contribution < 1.29 is 0 Å². The molecular formula is C30H39ClN4O. The molecule has 0 saturated heterocycles. The predicted octanol–water partition coefficient (Wildman–Crippen LogP) is 6.88. The second kappa shape index (κ2) is 12.2. The van der Waals surface area contributed by atoms with Gasteiger partial charge in [-0.3, -0.25) is 9.78 Å². The van der Waals surface area contributed by atoms with Crippen LogP contribution in [-0.2, 0) is 19.3 Å². The van der Waals surface area contributed by atoms with Crippen molar-refractivity contribution in [2.45, 2.75) is 89.5 Å². The molecule has 0 aliphatic heterocycles. The number of nitrogens with zero attached hydrogens (tertiary/aromatic N) is 1. The molecule has 0 saturated carbocycles. The van der Waals surface area contributed by atoms with Gasteiger partial charge in [-0.25, -0.2) is 0 Å². The summed E-state index contributed by atoms with van der Waals surface area (Å²) in [4.78, 5) is 19.5. The smallest absolute Gasteiger partial charge is 0.248 e. The zero-order valence-corrected chi connectivity index (χ0v) is 22.1. The number of pyridine rings is 2. The highest BCUT2D eigenvalue weighted by Crippen LogP contribution is 2.34. The molecule has 1 unspecified atom stereocenters. The number of hydrogen-bond donors (Lipinski definition) is 3. The molecule has 5 nitrogen and oxygen atoms in total. The summed E-state index contributed by atoms with van der Waals surface area (Å²) in [5, 5.41) is 9.47. The Morgan fingerprint density at radius 3 is 2.61 bits per heavy atom. The predicted molar refractivity (Wildman–Crippen MR) is 150 cm³/mol. The van der Waals surface area contributed by atoms with Crippen LogP contribution < -0.4 is 16.2 Å². The topological polar surface area (TPSA) is 69.8 Å². The number of H-pyrrole nitrogens is 1. The van der Waals surface area contributed by atoms with E-state index in [1.54, 1.807) is 6.07 Å². The molecule has 3 N–H and O–H groups in total. The third kappa shape index (κ3) is 6.12. The molecule has 2 aliphatic rings. The molecule has 2 aliphatic carbocycles. The monoisotopic (exact) mass is 506 g/mol. The van der Waals surface area contributed by atoms with Crippen LogP contribution in [-0.4, -0.2) is 23.1 Å². The normalized spacial score (nSPS) is 17.1. The van der Waals surface area contributed by atoms with Gasteiger partial charge in [-0.05, 0) is 93.7 Å². The van der Waals surface area contributed by atoms with Gasteiger partial charge in [0.2, 0.25) is 5.56 Å². The van der Waals surface area contributed by atoms with Gasteiger partial charge in [0.1, 0.15) is 0 Å². The van der Waals surface area contributed by atoms with E-state index < -0.39 is 0 Å². The van der Waals surface area contributed by atoms with Gasteiger partial charge in [-0.2, -0.15) is 0 Å². The summed E-state index contributed by atoms with van der Waals surface area (Å²) in [7, 11) is 0. The molecule has 2 heterocycles. The number of halogens is 1. The SMILES string of the molecule is O=c1ccc2c([nH]1)CCCC2NCCCCCCCCNc1c2c(nc3cc(Cl)ccc13)CCCC2. The van der Waals surface area contributed by atoms with E-state index >= 15 is 0 Å². The maximum Gasteiger partial charge on any atom is 0.248 e. The molecule has 0 bridgehead atoms. The number of nitrogens with one attached hydrogen (secondary N) is 3. The van der Waals surface area contributed by atoms with Crippen LogP contribution in [0.25, 0.3) is 10.9 Å². The number of unbranched alkanes of at least 4 members (excludes halogenated alkanes) is 5. The average Bonchev–Trinajstić information content (AvgIpc) is 2.88. The van der Waals surface area contributed by atoms with Gasteiger partial charge >= 0.3 is 0 Å². The van der Waals surface area contributed by atoms with Crippen molar-refractivity contribution in [2.24, 2.45) is 0 Å². The van der Waals surface area contributed by atoms with Crippen molar-refractivity contribution in [3.8, 4) is 0 Å². The van der Waals surface area contributed by atoms with E-state index in [1.807, 2.05) is 18.2 Å². The Morgan fingerprint density at radius 1 is 0.917 bits per heavy atom. The van der Waals surface area contributed by atoms with Crippen LogP contribution in [0.1, 0.15) is 92.8 Å². The van der Waals surface area contributed by atoms with Crippen molar-refractivity contribution in [3.05, 3.63) is 68.2 Å². The fraction of sp³-hybridized carbons (Fsp3) is 0.533. The summed E-state index contributed by atoms with van der Waals surface area (Å²) in [5.41, 5.74) is 7.44. The second-order valence-corrected chi connectivity index (χ2v) is 10.9. The van der Waals surface area contributed by atoms with Gasteiger partial charge < -0.3 is 15.6 Å². The maximum atomic E-state index is 11.6. The number of fused-ring (bicyclic) bond motifs is 3. The molecule has 192 valence electrons. The Balaban J connectivity index is 1.01. The quantitative estimate of drug-likeness (QED) is 0.248. The van der Waals surface area contributed by atoms with Gasteiger partial charge in [0.25, 0.3) is 0 Å². The molecule has 3 aromatic rings. The number of hydrogen-bond acceptors (Lipinski definition) is 4. The van der Waals surface area contributed by atoms with Gasteiger partial charge in [0, 0.05) is 46.1 Å². The Kier molecular flexibility index (Phi) is 8.60. The Hall–Kier alpha value is -2.37. The first kappa shape index (κ1) is 25.3. The number of rotatable bonds is 11. The van der Waals surface area contributed by atoms with E-state index in [9.17, 15) is 4.79 Å². The minimum Gasteiger partial charge on any atom is -0.384 e. The lowest BCUT2D eigenvalue weighted by molar-refractivity contribution is 0.443. The minimum atomic E-state index is 0.0167. The fourth-order valence-corrected chi connectivity index (χ4v) is 6.13. The van der Waals surface area contributed by atoms with Crippen molar-refractivity contribution in [1.29, 1.82) is 0 Å². The number of aromatic nitrogens is 2. The summed E-state index contributed by atoms with van der Waals surface area (Å²) in [5.74, 6) is 0. The first-order valence-electron chi connectivity index (χ1n) is 14.0. The molecule has 2 aromatic heterocycles. The molecule has 6 heteroatoms. The van der Waals surface area contributed by atoms with Crippen LogP contribution in [0.5, 0.6) is 0 Å². The average molecular weight is 507 g/mol. The first-order valence-corrected chi connectivity index (χ1v) is 14.4. The first-order chi connectivity index (χ1) is 17.7. The summed E-state index contributed by atoms with van der Waals surface area (Å²) >= 11 is 6.25.